The molecule has 0 spiro atoms. The average Bonchev–Trinajstić information content (AvgIpc) is 3.38. The van der Waals surface area contributed by atoms with E-state index in [1.165, 1.54) is 29.7 Å². The van der Waals surface area contributed by atoms with E-state index in [9.17, 15) is 0 Å². The summed E-state index contributed by atoms with van der Waals surface area (Å²) < 4.78 is 0. The van der Waals surface area contributed by atoms with E-state index < -0.39 is 0 Å². The number of anilines is 2. The summed E-state index contributed by atoms with van der Waals surface area (Å²) in [6.07, 6.45) is 3.50. The normalized spacial score (nSPS) is 17.1. The van der Waals surface area contributed by atoms with Gasteiger partial charge in [0.15, 0.2) is 0 Å². The predicted octanol–water partition coefficient (Wildman–Crippen LogP) is 4.39. The van der Waals surface area contributed by atoms with Crippen LogP contribution in [0.3, 0.4) is 0 Å². The summed E-state index contributed by atoms with van der Waals surface area (Å²) in [5.41, 5.74) is 3.89. The Hall–Kier alpha value is -1.81. The minimum atomic E-state index is 0.330. The topological polar surface area (TPSA) is 41.1 Å². The number of rotatable bonds is 4. The molecule has 4 rings (SSSR count). The van der Waals surface area contributed by atoms with Crippen molar-refractivity contribution in [1.29, 1.82) is 0 Å². The van der Waals surface area contributed by atoms with Crippen LogP contribution in [0.25, 0.3) is 0 Å². The number of nitrogens with one attached hydrogen (secondary N) is 1. The third-order valence-corrected chi connectivity index (χ3v) is 4.89. The lowest BCUT2D eigenvalue weighted by Crippen LogP contribution is -2.31. The van der Waals surface area contributed by atoms with E-state index in [1.54, 1.807) is 0 Å². The molecule has 4 nitrogen and oxygen atoms in total. The van der Waals surface area contributed by atoms with Gasteiger partial charge in [-0.05, 0) is 56.4 Å². The second-order valence-electron chi connectivity index (χ2n) is 7.13. The van der Waals surface area contributed by atoms with Crippen LogP contribution >= 0.6 is 11.6 Å². The van der Waals surface area contributed by atoms with E-state index in [1.807, 2.05) is 6.07 Å². The molecule has 0 atom stereocenters. The number of hydrogen-bond acceptors (Lipinski definition) is 4. The van der Waals surface area contributed by atoms with Crippen LogP contribution in [0.15, 0.2) is 24.3 Å². The summed E-state index contributed by atoms with van der Waals surface area (Å²) in [6.45, 7) is 6.09. The monoisotopic (exact) mass is 342 g/mol. The average molecular weight is 343 g/mol. The fourth-order valence-electron chi connectivity index (χ4n) is 3.24. The fourth-order valence-corrected chi connectivity index (χ4v) is 3.44. The van der Waals surface area contributed by atoms with E-state index in [-0.39, 0.29) is 0 Å². The molecule has 24 heavy (non-hydrogen) atoms. The van der Waals surface area contributed by atoms with Crippen molar-refractivity contribution in [2.24, 2.45) is 0 Å². The van der Waals surface area contributed by atoms with Crippen molar-refractivity contribution >= 4 is 23.4 Å². The van der Waals surface area contributed by atoms with Crippen LogP contribution in [0.5, 0.6) is 0 Å². The molecular formula is C19H23ClN4. The van der Waals surface area contributed by atoms with E-state index in [0.29, 0.717) is 12.0 Å². The fraction of sp³-hybridized carbons (Fsp3) is 0.474. The highest BCUT2D eigenvalue weighted by molar-refractivity contribution is 6.30. The highest BCUT2D eigenvalue weighted by atomic mass is 35.5. The summed E-state index contributed by atoms with van der Waals surface area (Å²) in [5, 5.41) is 4.19. The summed E-state index contributed by atoms with van der Waals surface area (Å²) in [7, 11) is 0. The van der Waals surface area contributed by atoms with Gasteiger partial charge in [-0.15, -0.1) is 0 Å². The molecule has 0 radical (unpaired) electrons. The smallest absolute Gasteiger partial charge is 0.225 e. The van der Waals surface area contributed by atoms with Gasteiger partial charge in [0.1, 0.15) is 5.82 Å². The van der Waals surface area contributed by atoms with Gasteiger partial charge in [-0.1, -0.05) is 17.7 Å². The number of nitrogens with zero attached hydrogens (tertiary/aromatic N) is 3. The maximum Gasteiger partial charge on any atom is 0.225 e. The SMILES string of the molecule is CC(C)Nc1nc(C2CC2)cc(N2CCc3cc(Cl)ccc3C2)n1. The highest BCUT2D eigenvalue weighted by Gasteiger charge is 2.27. The van der Waals surface area contributed by atoms with Crippen molar-refractivity contribution in [2.75, 3.05) is 16.8 Å². The number of fused-ring (bicyclic) bond motifs is 1. The Morgan fingerprint density at radius 1 is 1.17 bits per heavy atom. The van der Waals surface area contributed by atoms with Crippen molar-refractivity contribution in [1.82, 2.24) is 9.97 Å². The molecule has 1 aliphatic heterocycles. The number of halogens is 1. The third kappa shape index (κ3) is 3.34. The second-order valence-corrected chi connectivity index (χ2v) is 7.57. The molecule has 1 N–H and O–H groups in total. The Bertz CT molecular complexity index is 755. The standard InChI is InChI=1S/C19H23ClN4/c1-12(2)21-19-22-17(13-3-4-13)10-18(23-19)24-8-7-14-9-16(20)6-5-15(14)11-24/h5-6,9-10,12-13H,3-4,7-8,11H2,1-2H3,(H,21,22,23). The van der Waals surface area contributed by atoms with Crippen molar-refractivity contribution in [3.05, 3.63) is 46.1 Å². The summed E-state index contributed by atoms with van der Waals surface area (Å²) >= 11 is 6.12. The molecule has 2 heterocycles. The van der Waals surface area contributed by atoms with Gasteiger partial charge >= 0.3 is 0 Å². The molecule has 2 aliphatic rings. The minimum absolute atomic E-state index is 0.330. The second kappa shape index (κ2) is 6.25. The van der Waals surface area contributed by atoms with Crippen molar-refractivity contribution in [3.63, 3.8) is 0 Å². The lowest BCUT2D eigenvalue weighted by Gasteiger charge is -2.30. The maximum absolute atomic E-state index is 6.12. The van der Waals surface area contributed by atoms with Crippen molar-refractivity contribution in [3.8, 4) is 0 Å². The summed E-state index contributed by atoms with van der Waals surface area (Å²) in [6, 6.07) is 8.72. The van der Waals surface area contributed by atoms with Crippen LogP contribution in [-0.2, 0) is 13.0 Å². The van der Waals surface area contributed by atoms with Gasteiger partial charge in [0, 0.05) is 36.1 Å². The maximum atomic E-state index is 6.12. The predicted molar refractivity (Wildman–Crippen MR) is 99.0 cm³/mol. The Morgan fingerprint density at radius 3 is 2.75 bits per heavy atom. The molecule has 1 fully saturated rings. The zero-order valence-corrected chi connectivity index (χ0v) is 15.0. The Labute approximate surface area is 148 Å². The van der Waals surface area contributed by atoms with Crippen LogP contribution in [-0.4, -0.2) is 22.6 Å². The Kier molecular flexibility index (Phi) is 4.09. The lowest BCUT2D eigenvalue weighted by molar-refractivity contribution is 0.716. The number of aromatic nitrogens is 2. The van der Waals surface area contributed by atoms with Gasteiger partial charge in [0.2, 0.25) is 5.95 Å². The van der Waals surface area contributed by atoms with Crippen LogP contribution in [0.1, 0.15) is 49.4 Å². The van der Waals surface area contributed by atoms with Gasteiger partial charge in [-0.3, -0.25) is 0 Å². The Balaban J connectivity index is 1.63. The first-order valence-electron chi connectivity index (χ1n) is 8.76. The van der Waals surface area contributed by atoms with Crippen molar-refractivity contribution < 1.29 is 0 Å². The van der Waals surface area contributed by atoms with E-state index in [2.05, 4.69) is 42.3 Å². The minimum Gasteiger partial charge on any atom is -0.352 e. The molecule has 0 amide bonds. The zero-order valence-electron chi connectivity index (χ0n) is 14.2. The molecular weight excluding hydrogens is 320 g/mol. The van der Waals surface area contributed by atoms with Crippen LogP contribution in [0, 0.1) is 0 Å². The first-order valence-corrected chi connectivity index (χ1v) is 9.14. The van der Waals surface area contributed by atoms with Gasteiger partial charge in [-0.25, -0.2) is 4.98 Å². The number of hydrogen-bond donors (Lipinski definition) is 1. The summed E-state index contributed by atoms with van der Waals surface area (Å²) in [4.78, 5) is 11.9. The Morgan fingerprint density at radius 2 is 2.00 bits per heavy atom. The summed E-state index contributed by atoms with van der Waals surface area (Å²) in [5.74, 6) is 2.41. The zero-order chi connectivity index (χ0) is 16.7. The van der Waals surface area contributed by atoms with Crippen LogP contribution < -0.4 is 10.2 Å². The quantitative estimate of drug-likeness (QED) is 0.894. The molecule has 0 bridgehead atoms. The van der Waals surface area contributed by atoms with Crippen molar-refractivity contribution in [2.45, 2.75) is 51.6 Å². The largest absolute Gasteiger partial charge is 0.352 e. The van der Waals surface area contributed by atoms with E-state index in [4.69, 9.17) is 21.6 Å². The molecule has 5 heteroatoms. The van der Waals surface area contributed by atoms with E-state index in [0.717, 1.165) is 36.3 Å². The molecule has 2 aromatic rings. The molecule has 1 aliphatic carbocycles. The van der Waals surface area contributed by atoms with Crippen LogP contribution in [0.2, 0.25) is 5.02 Å². The van der Waals surface area contributed by atoms with Gasteiger partial charge < -0.3 is 10.2 Å². The first-order chi connectivity index (χ1) is 11.6. The molecule has 0 unspecified atom stereocenters. The molecule has 1 saturated carbocycles. The molecule has 0 saturated heterocycles. The number of benzene rings is 1. The van der Waals surface area contributed by atoms with Gasteiger partial charge in [-0.2, -0.15) is 4.98 Å². The lowest BCUT2D eigenvalue weighted by atomic mass is 10.00. The molecule has 1 aromatic carbocycles. The first kappa shape index (κ1) is 15.7. The molecule has 126 valence electrons. The highest BCUT2D eigenvalue weighted by Crippen LogP contribution is 2.40. The van der Waals surface area contributed by atoms with Crippen LogP contribution in [0.4, 0.5) is 11.8 Å². The van der Waals surface area contributed by atoms with E-state index >= 15 is 0 Å². The molecule has 1 aromatic heterocycles. The van der Waals surface area contributed by atoms with Gasteiger partial charge in [0.25, 0.3) is 0 Å². The third-order valence-electron chi connectivity index (χ3n) is 4.65. The van der Waals surface area contributed by atoms with Gasteiger partial charge in [0.05, 0.1) is 5.69 Å².